The highest BCUT2D eigenvalue weighted by Crippen LogP contribution is 2.25. The van der Waals surface area contributed by atoms with Crippen molar-refractivity contribution in [1.82, 2.24) is 5.32 Å². The fraction of sp³-hybridized carbons (Fsp3) is 0.208. The highest BCUT2D eigenvalue weighted by molar-refractivity contribution is 7.92. The Labute approximate surface area is 188 Å². The van der Waals surface area contributed by atoms with Crippen LogP contribution in [0.15, 0.2) is 77.7 Å². The summed E-state index contributed by atoms with van der Waals surface area (Å²) >= 11 is 5.97. The highest BCUT2D eigenvalue weighted by atomic mass is 35.5. The second-order valence-corrected chi connectivity index (χ2v) is 9.75. The van der Waals surface area contributed by atoms with Gasteiger partial charge in [-0.25, -0.2) is 8.42 Å². The lowest BCUT2D eigenvalue weighted by Gasteiger charge is -2.25. The van der Waals surface area contributed by atoms with E-state index in [1.54, 1.807) is 42.5 Å². The first kappa shape index (κ1) is 22.8. The van der Waals surface area contributed by atoms with Gasteiger partial charge < -0.3 is 5.32 Å². The second-order valence-electron chi connectivity index (χ2n) is 7.45. The lowest BCUT2D eigenvalue weighted by molar-refractivity contribution is -0.120. The Morgan fingerprint density at radius 1 is 1.00 bits per heavy atom. The summed E-state index contributed by atoms with van der Waals surface area (Å²) in [5, 5.41) is 3.40. The third kappa shape index (κ3) is 5.46. The number of hydrogen-bond acceptors (Lipinski definition) is 3. The Kier molecular flexibility index (Phi) is 7.03. The number of carbonyl (C=O) groups is 1. The summed E-state index contributed by atoms with van der Waals surface area (Å²) in [4.78, 5) is 13.0. The molecule has 1 atom stereocenters. The van der Waals surface area contributed by atoms with Crippen molar-refractivity contribution in [3.8, 4) is 0 Å². The van der Waals surface area contributed by atoms with Crippen molar-refractivity contribution < 1.29 is 13.2 Å². The molecule has 3 aromatic rings. The molecule has 0 radical (unpaired) electrons. The Morgan fingerprint density at radius 3 is 2.26 bits per heavy atom. The molecule has 0 fully saturated rings. The van der Waals surface area contributed by atoms with Gasteiger partial charge >= 0.3 is 0 Å². The highest BCUT2D eigenvalue weighted by Gasteiger charge is 2.27. The molecule has 0 saturated carbocycles. The van der Waals surface area contributed by atoms with Crippen molar-refractivity contribution in [3.63, 3.8) is 0 Å². The Hall–Kier alpha value is -2.83. The molecule has 0 aliphatic carbocycles. The van der Waals surface area contributed by atoms with Crippen LogP contribution >= 0.6 is 11.6 Å². The van der Waals surface area contributed by atoms with Crippen molar-refractivity contribution >= 4 is 33.2 Å². The number of sulfonamides is 1. The smallest absolute Gasteiger partial charge is 0.264 e. The third-order valence-electron chi connectivity index (χ3n) is 5.00. The number of benzene rings is 3. The number of halogens is 1. The molecule has 1 amide bonds. The fourth-order valence-electron chi connectivity index (χ4n) is 3.45. The predicted molar refractivity (Wildman–Crippen MR) is 125 cm³/mol. The minimum Gasteiger partial charge on any atom is -0.348 e. The van der Waals surface area contributed by atoms with E-state index >= 15 is 0 Å². The molecule has 0 aromatic heterocycles. The maximum Gasteiger partial charge on any atom is 0.264 e. The number of hydrogen-bond donors (Lipinski definition) is 1. The molecule has 5 nitrogen and oxygen atoms in total. The van der Waals surface area contributed by atoms with Gasteiger partial charge in [-0.2, -0.15) is 0 Å². The summed E-state index contributed by atoms with van der Waals surface area (Å²) in [6, 6.07) is 20.2. The van der Waals surface area contributed by atoms with E-state index in [1.807, 2.05) is 32.9 Å². The molecule has 3 aromatic carbocycles. The second kappa shape index (κ2) is 9.54. The summed E-state index contributed by atoms with van der Waals surface area (Å²) in [6.07, 6.45) is 0. The largest absolute Gasteiger partial charge is 0.348 e. The molecule has 31 heavy (non-hydrogen) atoms. The van der Waals surface area contributed by atoms with Crippen LogP contribution in [0.5, 0.6) is 0 Å². The van der Waals surface area contributed by atoms with Crippen LogP contribution in [0.4, 0.5) is 5.69 Å². The predicted octanol–water partition coefficient (Wildman–Crippen LogP) is 5.03. The number of amides is 1. The molecule has 0 heterocycles. The summed E-state index contributed by atoms with van der Waals surface area (Å²) < 4.78 is 27.7. The van der Waals surface area contributed by atoms with Crippen molar-refractivity contribution in [3.05, 3.63) is 94.5 Å². The van der Waals surface area contributed by atoms with Gasteiger partial charge in [-0.3, -0.25) is 9.10 Å². The van der Waals surface area contributed by atoms with Gasteiger partial charge in [0.05, 0.1) is 16.6 Å². The average molecular weight is 457 g/mol. The lowest BCUT2D eigenvalue weighted by atomic mass is 10.0. The number of rotatable bonds is 7. The first-order valence-corrected chi connectivity index (χ1v) is 11.7. The molecular weight excluding hydrogens is 432 g/mol. The van der Waals surface area contributed by atoms with Crippen LogP contribution < -0.4 is 9.62 Å². The fourth-order valence-corrected chi connectivity index (χ4v) is 5.02. The zero-order chi connectivity index (χ0) is 22.6. The Morgan fingerprint density at radius 2 is 1.65 bits per heavy atom. The first-order valence-electron chi connectivity index (χ1n) is 9.88. The Balaban J connectivity index is 1.88. The van der Waals surface area contributed by atoms with Gasteiger partial charge in [-0.15, -0.1) is 0 Å². The van der Waals surface area contributed by atoms with Crippen LogP contribution in [0, 0.1) is 13.8 Å². The van der Waals surface area contributed by atoms with Crippen LogP contribution in [0.1, 0.15) is 29.7 Å². The topological polar surface area (TPSA) is 66.5 Å². The van der Waals surface area contributed by atoms with Gasteiger partial charge in [0.2, 0.25) is 5.91 Å². The molecule has 0 saturated heterocycles. The minimum absolute atomic E-state index is 0.111. The van der Waals surface area contributed by atoms with Gasteiger partial charge in [-0.1, -0.05) is 53.6 Å². The van der Waals surface area contributed by atoms with Crippen molar-refractivity contribution in [2.45, 2.75) is 31.7 Å². The van der Waals surface area contributed by atoms with Crippen molar-refractivity contribution in [2.75, 3.05) is 10.8 Å². The zero-order valence-electron chi connectivity index (χ0n) is 17.7. The SMILES string of the molecule is Cc1ccc([C@H](C)NC(=O)CN(c2ccc(Cl)cc2)S(=O)(=O)c2ccccc2)c(C)c1. The van der Waals surface area contributed by atoms with Gasteiger partial charge in [0.1, 0.15) is 6.54 Å². The molecule has 0 spiro atoms. The molecule has 0 bridgehead atoms. The van der Waals surface area contributed by atoms with E-state index in [4.69, 9.17) is 11.6 Å². The molecule has 7 heteroatoms. The maximum absolute atomic E-state index is 13.3. The normalized spacial score (nSPS) is 12.3. The summed E-state index contributed by atoms with van der Waals surface area (Å²) in [5.41, 5.74) is 3.56. The molecule has 3 rings (SSSR count). The van der Waals surface area contributed by atoms with Gasteiger partial charge in [-0.05, 0) is 68.3 Å². The number of nitrogens with one attached hydrogen (secondary N) is 1. The van der Waals surface area contributed by atoms with E-state index in [0.29, 0.717) is 10.7 Å². The number of nitrogens with zero attached hydrogens (tertiary/aromatic N) is 1. The molecular formula is C24H25ClN2O3S. The van der Waals surface area contributed by atoms with Crippen LogP contribution in [-0.2, 0) is 14.8 Å². The van der Waals surface area contributed by atoms with Gasteiger partial charge in [0.15, 0.2) is 0 Å². The first-order chi connectivity index (χ1) is 14.7. The third-order valence-corrected chi connectivity index (χ3v) is 7.04. The molecule has 0 unspecified atom stereocenters. The minimum atomic E-state index is -3.95. The number of carbonyl (C=O) groups excluding carboxylic acids is 1. The zero-order valence-corrected chi connectivity index (χ0v) is 19.2. The summed E-state index contributed by atoms with van der Waals surface area (Å²) in [7, 11) is -3.95. The van der Waals surface area contributed by atoms with Crippen LogP contribution in [0.2, 0.25) is 5.02 Å². The number of anilines is 1. The summed E-state index contributed by atoms with van der Waals surface area (Å²) in [6.45, 7) is 5.53. The average Bonchev–Trinajstić information content (AvgIpc) is 2.73. The standard InChI is InChI=1S/C24H25ClN2O3S/c1-17-9-14-23(18(2)15-17)19(3)26-24(28)16-27(21-12-10-20(25)11-13-21)31(29,30)22-7-5-4-6-8-22/h4-15,19H,16H2,1-3H3,(H,26,28)/t19-/m0/s1. The van der Waals surface area contributed by atoms with Gasteiger partial charge in [0.25, 0.3) is 10.0 Å². The molecule has 162 valence electrons. The van der Waals surface area contributed by atoms with E-state index in [0.717, 1.165) is 21.0 Å². The quantitative estimate of drug-likeness (QED) is 0.542. The van der Waals surface area contributed by atoms with Crippen LogP contribution in [0.25, 0.3) is 0 Å². The van der Waals surface area contributed by atoms with Crippen LogP contribution in [-0.4, -0.2) is 20.9 Å². The lowest BCUT2D eigenvalue weighted by Crippen LogP contribution is -2.41. The van der Waals surface area contributed by atoms with E-state index in [2.05, 4.69) is 11.4 Å². The van der Waals surface area contributed by atoms with Crippen molar-refractivity contribution in [2.24, 2.45) is 0 Å². The molecule has 0 aliphatic rings. The van der Waals surface area contributed by atoms with E-state index in [1.165, 1.54) is 12.1 Å². The van der Waals surface area contributed by atoms with Crippen molar-refractivity contribution in [1.29, 1.82) is 0 Å². The monoisotopic (exact) mass is 456 g/mol. The molecule has 0 aliphatic heterocycles. The molecule has 1 N–H and O–H groups in total. The maximum atomic E-state index is 13.3. The number of aryl methyl sites for hydroxylation is 2. The van der Waals surface area contributed by atoms with E-state index in [9.17, 15) is 13.2 Å². The van der Waals surface area contributed by atoms with Crippen LogP contribution in [0.3, 0.4) is 0 Å². The Bertz CT molecular complexity index is 1160. The van der Waals surface area contributed by atoms with E-state index in [-0.39, 0.29) is 17.5 Å². The van der Waals surface area contributed by atoms with Gasteiger partial charge in [0, 0.05) is 5.02 Å². The van der Waals surface area contributed by atoms with E-state index < -0.39 is 15.9 Å². The summed E-state index contributed by atoms with van der Waals surface area (Å²) in [5.74, 6) is -0.401.